The Kier molecular flexibility index (Phi) is 8.23. The second-order valence-electron chi connectivity index (χ2n) is 10.8. The fourth-order valence-electron chi connectivity index (χ4n) is 5.71. The molecule has 2 heterocycles. The van der Waals surface area contributed by atoms with Crippen LogP contribution in [0.15, 0.2) is 84.0 Å². The molecule has 5 rings (SSSR count). The molecule has 1 fully saturated rings. The monoisotopic (exact) mass is 560 g/mol. The molecule has 2 aromatic carbocycles. The highest BCUT2D eigenvalue weighted by Crippen LogP contribution is 2.35. The van der Waals surface area contributed by atoms with Crippen molar-refractivity contribution in [1.82, 2.24) is 20.0 Å². The highest BCUT2D eigenvalue weighted by atomic mass is 32.2. The fraction of sp³-hybridized carbons (Fsp3) is 0.355. The van der Waals surface area contributed by atoms with Gasteiger partial charge in [0.1, 0.15) is 11.3 Å². The van der Waals surface area contributed by atoms with Gasteiger partial charge in [-0.3, -0.25) is 9.78 Å². The quantitative estimate of drug-likeness (QED) is 0.244. The summed E-state index contributed by atoms with van der Waals surface area (Å²) in [6, 6.07) is 19.4. The molecule has 4 aromatic rings. The van der Waals surface area contributed by atoms with E-state index in [4.69, 9.17) is 4.74 Å². The van der Waals surface area contributed by atoms with Crippen LogP contribution >= 0.6 is 0 Å². The van der Waals surface area contributed by atoms with Crippen molar-refractivity contribution in [2.45, 2.75) is 61.9 Å². The van der Waals surface area contributed by atoms with E-state index in [0.717, 1.165) is 47.8 Å². The average Bonchev–Trinajstić information content (AvgIpc) is 3.38. The maximum atomic E-state index is 14.3. The molecule has 0 bridgehead atoms. The zero-order valence-corrected chi connectivity index (χ0v) is 23.7. The van der Waals surface area contributed by atoms with Gasteiger partial charge in [-0.1, -0.05) is 49.6 Å². The van der Waals surface area contributed by atoms with Crippen molar-refractivity contribution < 1.29 is 17.9 Å². The summed E-state index contributed by atoms with van der Waals surface area (Å²) in [4.78, 5) is 22.1. The molecule has 1 amide bonds. The summed E-state index contributed by atoms with van der Waals surface area (Å²) in [5.74, 6) is 0.239. The van der Waals surface area contributed by atoms with E-state index in [9.17, 15) is 13.2 Å². The van der Waals surface area contributed by atoms with Gasteiger partial charge < -0.3 is 15.0 Å². The van der Waals surface area contributed by atoms with Crippen LogP contribution < -0.4 is 14.8 Å². The maximum absolute atomic E-state index is 14.3. The fourth-order valence-corrected chi connectivity index (χ4v) is 7.11. The molecule has 8 nitrogen and oxygen atoms in total. The van der Waals surface area contributed by atoms with Crippen molar-refractivity contribution in [3.05, 3.63) is 90.4 Å². The standard InChI is InChI=1S/C31H36N4O4S/c1-31(20-23-21-33-27-16-7-6-15-26(23)27,35-40(37,38)25-14-10-13-24(19-25)39-2)30(36)34-29(22-11-4-3-5-12-22)28-17-8-9-18-32-28/h6-10,13-19,21-22,29,33,35H,3-5,11-12,20H2,1-2H3,(H,34,36). The average molecular weight is 561 g/mol. The van der Waals surface area contributed by atoms with E-state index in [2.05, 4.69) is 20.0 Å². The van der Waals surface area contributed by atoms with E-state index in [-0.39, 0.29) is 23.3 Å². The number of carbonyl (C=O) groups excluding carboxylic acids is 1. The van der Waals surface area contributed by atoms with Gasteiger partial charge in [0.2, 0.25) is 15.9 Å². The Morgan fingerprint density at radius 3 is 2.60 bits per heavy atom. The number of rotatable bonds is 10. The zero-order valence-electron chi connectivity index (χ0n) is 22.9. The summed E-state index contributed by atoms with van der Waals surface area (Å²) in [6.45, 7) is 1.65. The lowest BCUT2D eigenvalue weighted by Crippen LogP contribution is -2.59. The molecule has 0 aliphatic heterocycles. The van der Waals surface area contributed by atoms with Gasteiger partial charge in [0, 0.05) is 35.8 Å². The van der Waals surface area contributed by atoms with Crippen molar-refractivity contribution in [3.63, 3.8) is 0 Å². The van der Waals surface area contributed by atoms with Gasteiger partial charge in [-0.25, -0.2) is 8.42 Å². The Morgan fingerprint density at radius 2 is 1.85 bits per heavy atom. The first-order valence-corrected chi connectivity index (χ1v) is 15.2. The molecule has 3 N–H and O–H groups in total. The van der Waals surface area contributed by atoms with E-state index < -0.39 is 21.5 Å². The number of para-hydroxylation sites is 1. The summed E-state index contributed by atoms with van der Waals surface area (Å²) >= 11 is 0. The highest BCUT2D eigenvalue weighted by Gasteiger charge is 2.41. The van der Waals surface area contributed by atoms with Gasteiger partial charge in [-0.05, 0) is 61.6 Å². The van der Waals surface area contributed by atoms with E-state index in [1.807, 2.05) is 48.7 Å². The summed E-state index contributed by atoms with van der Waals surface area (Å²) < 4.78 is 35.4. The topological polar surface area (TPSA) is 113 Å². The number of benzene rings is 2. The molecule has 210 valence electrons. The molecule has 2 aromatic heterocycles. The van der Waals surface area contributed by atoms with Crippen molar-refractivity contribution in [3.8, 4) is 5.75 Å². The van der Waals surface area contributed by atoms with Crippen LogP contribution in [-0.2, 0) is 21.2 Å². The second-order valence-corrected chi connectivity index (χ2v) is 12.4. The Morgan fingerprint density at radius 1 is 1.07 bits per heavy atom. The zero-order chi connectivity index (χ0) is 28.2. The maximum Gasteiger partial charge on any atom is 0.241 e. The summed E-state index contributed by atoms with van der Waals surface area (Å²) in [5, 5.41) is 4.18. The molecule has 0 spiro atoms. The van der Waals surface area contributed by atoms with Gasteiger partial charge in [-0.15, -0.1) is 0 Å². The number of nitrogens with one attached hydrogen (secondary N) is 3. The molecule has 1 saturated carbocycles. The van der Waals surface area contributed by atoms with Crippen LogP contribution in [0.2, 0.25) is 0 Å². The molecular formula is C31H36N4O4S. The van der Waals surface area contributed by atoms with Gasteiger partial charge >= 0.3 is 0 Å². The van der Waals surface area contributed by atoms with Gasteiger partial charge in [0.25, 0.3) is 0 Å². The van der Waals surface area contributed by atoms with Crippen LogP contribution in [0.4, 0.5) is 0 Å². The number of ether oxygens (including phenoxy) is 1. The number of carbonyl (C=O) groups is 1. The minimum absolute atomic E-state index is 0.0263. The number of hydrogen-bond acceptors (Lipinski definition) is 5. The van der Waals surface area contributed by atoms with Crippen LogP contribution in [0.25, 0.3) is 10.9 Å². The highest BCUT2D eigenvalue weighted by molar-refractivity contribution is 7.89. The minimum Gasteiger partial charge on any atom is -0.497 e. The molecule has 0 radical (unpaired) electrons. The SMILES string of the molecule is COc1cccc(S(=O)(=O)NC(C)(Cc2c[nH]c3ccccc23)C(=O)NC(c2ccccn2)C2CCCCC2)c1. The van der Waals surface area contributed by atoms with Crippen LogP contribution in [-0.4, -0.2) is 36.9 Å². The predicted molar refractivity (Wildman–Crippen MR) is 155 cm³/mol. The molecule has 2 unspecified atom stereocenters. The lowest BCUT2D eigenvalue weighted by molar-refractivity contribution is -0.127. The number of H-pyrrole nitrogens is 1. The smallest absolute Gasteiger partial charge is 0.241 e. The van der Waals surface area contributed by atoms with Crippen LogP contribution in [0.3, 0.4) is 0 Å². The number of hydrogen-bond donors (Lipinski definition) is 3. The first-order valence-electron chi connectivity index (χ1n) is 13.7. The Hall–Kier alpha value is -3.69. The summed E-state index contributed by atoms with van der Waals surface area (Å²) in [6.07, 6.45) is 9.05. The van der Waals surface area contributed by atoms with Crippen molar-refractivity contribution in [2.75, 3.05) is 7.11 Å². The molecule has 2 atom stereocenters. The van der Waals surface area contributed by atoms with Crippen LogP contribution in [0.5, 0.6) is 5.75 Å². The molecule has 0 saturated heterocycles. The van der Waals surface area contributed by atoms with E-state index in [1.165, 1.54) is 25.7 Å². The third-order valence-corrected chi connectivity index (χ3v) is 9.44. The normalized spacial score (nSPS) is 16.8. The van der Waals surface area contributed by atoms with Gasteiger partial charge in [0.05, 0.1) is 23.7 Å². The third-order valence-electron chi connectivity index (χ3n) is 7.85. The third kappa shape index (κ3) is 6.05. The Bertz CT molecular complexity index is 1560. The molecule has 40 heavy (non-hydrogen) atoms. The van der Waals surface area contributed by atoms with Gasteiger partial charge in [-0.2, -0.15) is 4.72 Å². The molecule has 1 aliphatic carbocycles. The first-order chi connectivity index (χ1) is 19.3. The number of aromatic nitrogens is 2. The number of pyridine rings is 1. The lowest BCUT2D eigenvalue weighted by atomic mass is 9.82. The number of sulfonamides is 1. The second kappa shape index (κ2) is 11.8. The molecule has 9 heteroatoms. The molecule has 1 aliphatic rings. The number of amides is 1. The number of fused-ring (bicyclic) bond motifs is 1. The minimum atomic E-state index is -4.09. The Labute approximate surface area is 235 Å². The van der Waals surface area contributed by atoms with E-state index >= 15 is 0 Å². The number of aromatic amines is 1. The van der Waals surface area contributed by atoms with E-state index in [1.54, 1.807) is 25.3 Å². The summed E-state index contributed by atoms with van der Waals surface area (Å²) in [5.41, 5.74) is 1.04. The number of methoxy groups -OCH3 is 1. The van der Waals surface area contributed by atoms with Gasteiger partial charge in [0.15, 0.2) is 0 Å². The van der Waals surface area contributed by atoms with Crippen molar-refractivity contribution >= 4 is 26.8 Å². The lowest BCUT2D eigenvalue weighted by Gasteiger charge is -2.35. The largest absolute Gasteiger partial charge is 0.497 e. The first kappa shape index (κ1) is 27.9. The molecular weight excluding hydrogens is 524 g/mol. The van der Waals surface area contributed by atoms with Crippen LogP contribution in [0.1, 0.15) is 56.3 Å². The van der Waals surface area contributed by atoms with E-state index in [0.29, 0.717) is 5.75 Å². The Balaban J connectivity index is 1.52. The predicted octanol–water partition coefficient (Wildman–Crippen LogP) is 5.29. The number of nitrogens with zero attached hydrogens (tertiary/aromatic N) is 1. The van der Waals surface area contributed by atoms with Crippen molar-refractivity contribution in [2.24, 2.45) is 5.92 Å². The summed E-state index contributed by atoms with van der Waals surface area (Å²) in [7, 11) is -2.61. The van der Waals surface area contributed by atoms with Crippen molar-refractivity contribution in [1.29, 1.82) is 0 Å². The van der Waals surface area contributed by atoms with Crippen LogP contribution in [0, 0.1) is 5.92 Å².